The van der Waals surface area contributed by atoms with Crippen LogP contribution in [-0.4, -0.2) is 9.78 Å². The van der Waals surface area contributed by atoms with Gasteiger partial charge in [0.15, 0.2) is 0 Å². The predicted molar refractivity (Wildman–Crippen MR) is 56.0 cm³/mol. The summed E-state index contributed by atoms with van der Waals surface area (Å²) in [6.45, 7) is 8.33. The SMILES string of the molecule is Cc1nn(C(C)C)c(C)c1CCC#N. The molecule has 76 valence electrons. The minimum absolute atomic E-state index is 0.393. The van der Waals surface area contributed by atoms with Gasteiger partial charge >= 0.3 is 0 Å². The van der Waals surface area contributed by atoms with Crippen molar-refractivity contribution in [2.45, 2.75) is 46.6 Å². The van der Waals surface area contributed by atoms with Gasteiger partial charge in [-0.2, -0.15) is 10.4 Å². The second-order valence-corrected chi connectivity index (χ2v) is 3.85. The first kappa shape index (κ1) is 10.8. The van der Waals surface area contributed by atoms with Gasteiger partial charge in [0.1, 0.15) is 0 Å². The molecule has 0 atom stereocenters. The molecule has 1 rings (SSSR count). The molecular formula is C11H17N3. The quantitative estimate of drug-likeness (QED) is 0.736. The van der Waals surface area contributed by atoms with Gasteiger partial charge in [-0.05, 0) is 39.7 Å². The lowest BCUT2D eigenvalue weighted by Gasteiger charge is -2.08. The molecule has 0 N–H and O–H groups in total. The summed E-state index contributed by atoms with van der Waals surface area (Å²) in [5, 5.41) is 13.0. The number of nitrogens with zero attached hydrogens (tertiary/aromatic N) is 3. The molecule has 0 bridgehead atoms. The molecule has 0 aromatic carbocycles. The Morgan fingerprint density at radius 3 is 2.50 bits per heavy atom. The Balaban J connectivity index is 3.00. The Kier molecular flexibility index (Phi) is 3.29. The Bertz CT molecular complexity index is 355. The summed E-state index contributed by atoms with van der Waals surface area (Å²) in [5.74, 6) is 0. The van der Waals surface area contributed by atoms with Gasteiger partial charge in [0, 0.05) is 18.2 Å². The molecule has 0 aliphatic rings. The van der Waals surface area contributed by atoms with E-state index in [2.05, 4.69) is 31.9 Å². The van der Waals surface area contributed by atoms with E-state index in [4.69, 9.17) is 5.26 Å². The zero-order chi connectivity index (χ0) is 10.7. The van der Waals surface area contributed by atoms with Gasteiger partial charge in [0.05, 0.1) is 11.8 Å². The molecule has 3 nitrogen and oxygen atoms in total. The van der Waals surface area contributed by atoms with Crippen molar-refractivity contribution in [1.82, 2.24) is 9.78 Å². The first-order valence-electron chi connectivity index (χ1n) is 4.99. The molecule has 0 unspecified atom stereocenters. The maximum Gasteiger partial charge on any atom is 0.0628 e. The standard InChI is InChI=1S/C11H17N3/c1-8(2)14-10(4)11(6-5-7-12)9(3)13-14/h8H,5-6H2,1-4H3. The maximum absolute atomic E-state index is 8.55. The number of aryl methyl sites for hydroxylation is 1. The average Bonchev–Trinajstić information content (AvgIpc) is 2.40. The zero-order valence-corrected chi connectivity index (χ0v) is 9.33. The van der Waals surface area contributed by atoms with Crippen molar-refractivity contribution < 1.29 is 0 Å². The van der Waals surface area contributed by atoms with Crippen LogP contribution in [0.15, 0.2) is 0 Å². The van der Waals surface area contributed by atoms with Crippen molar-refractivity contribution in [2.24, 2.45) is 0 Å². The Morgan fingerprint density at radius 2 is 2.07 bits per heavy atom. The first-order valence-corrected chi connectivity index (χ1v) is 4.99. The summed E-state index contributed by atoms with van der Waals surface area (Å²) in [4.78, 5) is 0. The summed E-state index contributed by atoms with van der Waals surface area (Å²) in [5.41, 5.74) is 3.50. The van der Waals surface area contributed by atoms with Crippen LogP contribution < -0.4 is 0 Å². The fourth-order valence-electron chi connectivity index (χ4n) is 1.74. The van der Waals surface area contributed by atoms with E-state index in [1.807, 2.05) is 11.6 Å². The fraction of sp³-hybridized carbons (Fsp3) is 0.636. The molecule has 0 amide bonds. The van der Waals surface area contributed by atoms with E-state index in [0.717, 1.165) is 12.1 Å². The molecule has 1 heterocycles. The normalized spacial score (nSPS) is 10.6. The number of hydrogen-bond donors (Lipinski definition) is 0. The van der Waals surface area contributed by atoms with Crippen molar-refractivity contribution in [3.05, 3.63) is 17.0 Å². The van der Waals surface area contributed by atoms with Crippen molar-refractivity contribution >= 4 is 0 Å². The molecule has 1 aromatic rings. The number of hydrogen-bond acceptors (Lipinski definition) is 2. The minimum Gasteiger partial charge on any atom is -0.267 e. The van der Waals surface area contributed by atoms with E-state index in [1.165, 1.54) is 11.3 Å². The Morgan fingerprint density at radius 1 is 1.43 bits per heavy atom. The van der Waals surface area contributed by atoms with Crippen LogP contribution in [0.4, 0.5) is 0 Å². The molecule has 0 saturated carbocycles. The third kappa shape index (κ3) is 1.95. The van der Waals surface area contributed by atoms with E-state index < -0.39 is 0 Å². The molecule has 0 fully saturated rings. The van der Waals surface area contributed by atoms with Crippen LogP contribution in [0.5, 0.6) is 0 Å². The number of rotatable bonds is 3. The molecule has 0 aliphatic carbocycles. The van der Waals surface area contributed by atoms with Gasteiger partial charge in [-0.25, -0.2) is 0 Å². The second-order valence-electron chi connectivity index (χ2n) is 3.85. The van der Waals surface area contributed by atoms with E-state index >= 15 is 0 Å². The van der Waals surface area contributed by atoms with E-state index in [-0.39, 0.29) is 0 Å². The highest BCUT2D eigenvalue weighted by molar-refractivity contribution is 5.25. The van der Waals surface area contributed by atoms with Crippen LogP contribution in [0.2, 0.25) is 0 Å². The zero-order valence-electron chi connectivity index (χ0n) is 9.33. The van der Waals surface area contributed by atoms with E-state index in [9.17, 15) is 0 Å². The topological polar surface area (TPSA) is 41.6 Å². The fourth-order valence-corrected chi connectivity index (χ4v) is 1.74. The van der Waals surface area contributed by atoms with E-state index in [0.29, 0.717) is 12.5 Å². The average molecular weight is 191 g/mol. The lowest BCUT2D eigenvalue weighted by Crippen LogP contribution is -2.05. The van der Waals surface area contributed by atoms with Crippen LogP contribution in [0, 0.1) is 25.2 Å². The van der Waals surface area contributed by atoms with Gasteiger partial charge in [-0.3, -0.25) is 4.68 Å². The van der Waals surface area contributed by atoms with Crippen molar-refractivity contribution in [2.75, 3.05) is 0 Å². The van der Waals surface area contributed by atoms with Gasteiger partial charge in [-0.1, -0.05) is 0 Å². The van der Waals surface area contributed by atoms with Crippen LogP contribution >= 0.6 is 0 Å². The Labute approximate surface area is 85.4 Å². The lowest BCUT2D eigenvalue weighted by atomic mass is 10.1. The van der Waals surface area contributed by atoms with Crippen LogP contribution in [0.1, 0.15) is 43.3 Å². The maximum atomic E-state index is 8.55. The van der Waals surface area contributed by atoms with Gasteiger partial charge < -0.3 is 0 Å². The summed E-state index contributed by atoms with van der Waals surface area (Å²) in [7, 11) is 0. The third-order valence-corrected chi connectivity index (χ3v) is 2.45. The summed E-state index contributed by atoms with van der Waals surface area (Å²) >= 11 is 0. The summed E-state index contributed by atoms with van der Waals surface area (Å²) in [6, 6.07) is 2.57. The van der Waals surface area contributed by atoms with Crippen LogP contribution in [-0.2, 0) is 6.42 Å². The smallest absolute Gasteiger partial charge is 0.0628 e. The van der Waals surface area contributed by atoms with Gasteiger partial charge in [-0.15, -0.1) is 0 Å². The molecule has 0 radical (unpaired) electrons. The molecule has 0 saturated heterocycles. The van der Waals surface area contributed by atoms with Crippen molar-refractivity contribution in [3.8, 4) is 6.07 Å². The second kappa shape index (κ2) is 4.28. The highest BCUT2D eigenvalue weighted by Crippen LogP contribution is 2.18. The van der Waals surface area contributed by atoms with Crippen molar-refractivity contribution in [1.29, 1.82) is 5.26 Å². The van der Waals surface area contributed by atoms with E-state index in [1.54, 1.807) is 0 Å². The monoisotopic (exact) mass is 191 g/mol. The number of nitriles is 1. The molecule has 14 heavy (non-hydrogen) atoms. The highest BCUT2D eigenvalue weighted by atomic mass is 15.3. The minimum atomic E-state index is 0.393. The predicted octanol–water partition coefficient (Wildman–Crippen LogP) is 2.54. The summed E-state index contributed by atoms with van der Waals surface area (Å²) in [6.07, 6.45) is 1.40. The van der Waals surface area contributed by atoms with Crippen molar-refractivity contribution in [3.63, 3.8) is 0 Å². The summed E-state index contributed by atoms with van der Waals surface area (Å²) < 4.78 is 2.03. The lowest BCUT2D eigenvalue weighted by molar-refractivity contribution is 0.515. The highest BCUT2D eigenvalue weighted by Gasteiger charge is 2.12. The third-order valence-electron chi connectivity index (χ3n) is 2.45. The molecule has 3 heteroatoms. The molecule has 0 spiro atoms. The Hall–Kier alpha value is -1.30. The number of aromatic nitrogens is 2. The van der Waals surface area contributed by atoms with Crippen LogP contribution in [0.3, 0.4) is 0 Å². The van der Waals surface area contributed by atoms with Gasteiger partial charge in [0.25, 0.3) is 0 Å². The molecular weight excluding hydrogens is 174 g/mol. The molecule has 0 aliphatic heterocycles. The van der Waals surface area contributed by atoms with Gasteiger partial charge in [0.2, 0.25) is 0 Å². The molecule has 1 aromatic heterocycles. The first-order chi connectivity index (χ1) is 6.57. The largest absolute Gasteiger partial charge is 0.267 e. The van der Waals surface area contributed by atoms with Crippen LogP contribution in [0.25, 0.3) is 0 Å².